The van der Waals surface area contributed by atoms with Crippen molar-refractivity contribution >= 4 is 0 Å². The van der Waals surface area contributed by atoms with E-state index in [4.69, 9.17) is 11.0 Å². The molecule has 3 nitrogen and oxygen atoms in total. The molecule has 0 amide bonds. The maximum Gasteiger partial charge on any atom is 0.136 e. The van der Waals surface area contributed by atoms with E-state index in [2.05, 4.69) is 4.98 Å². The Kier molecular flexibility index (Phi) is 2.41. The number of nitrogens with zero attached hydrogens (tertiary/aromatic N) is 2. The zero-order valence-electron chi connectivity index (χ0n) is 7.20. The summed E-state index contributed by atoms with van der Waals surface area (Å²) < 4.78 is 0. The lowest BCUT2D eigenvalue weighted by molar-refractivity contribution is 0.862. The van der Waals surface area contributed by atoms with Gasteiger partial charge in [0, 0.05) is 5.69 Å². The maximum atomic E-state index is 8.55. The fourth-order valence-electron chi connectivity index (χ4n) is 1.10. The highest BCUT2D eigenvalue weighted by atomic mass is 14.8. The zero-order chi connectivity index (χ0) is 9.14. The van der Waals surface area contributed by atoms with Gasteiger partial charge in [-0.15, -0.1) is 0 Å². The summed E-state index contributed by atoms with van der Waals surface area (Å²) in [6.07, 6.45) is 0. The zero-order valence-corrected chi connectivity index (χ0v) is 7.20. The lowest BCUT2D eigenvalue weighted by atomic mass is 10.1. The third-order valence-corrected chi connectivity index (χ3v) is 1.58. The number of nitrogens with two attached hydrogens (primary N) is 1. The van der Waals surface area contributed by atoms with Gasteiger partial charge in [-0.3, -0.25) is 4.98 Å². The van der Waals surface area contributed by atoms with Crippen LogP contribution >= 0.6 is 0 Å². The fourth-order valence-corrected chi connectivity index (χ4v) is 1.10. The number of hydrogen-bond acceptors (Lipinski definition) is 3. The first-order chi connectivity index (χ1) is 5.63. The van der Waals surface area contributed by atoms with E-state index in [1.807, 2.05) is 32.0 Å². The number of nitriles is 1. The smallest absolute Gasteiger partial charge is 0.136 e. The van der Waals surface area contributed by atoms with Crippen molar-refractivity contribution in [3.8, 4) is 6.07 Å². The molecule has 0 bridgehead atoms. The minimum absolute atomic E-state index is 0.608. The number of aryl methyl sites for hydroxylation is 2. The van der Waals surface area contributed by atoms with Gasteiger partial charge in [0.2, 0.25) is 0 Å². The van der Waals surface area contributed by atoms with Crippen LogP contribution in [0.1, 0.15) is 23.0 Å². The molecule has 1 heterocycles. The second-order valence-corrected chi connectivity index (χ2v) is 2.82. The molecule has 1 aromatic heterocycles. The van der Waals surface area contributed by atoms with Crippen LogP contribution in [0.3, 0.4) is 0 Å². The maximum absolute atomic E-state index is 8.55. The summed E-state index contributed by atoms with van der Waals surface area (Å²) in [7, 11) is 0. The van der Waals surface area contributed by atoms with E-state index < -0.39 is 6.04 Å². The Balaban J connectivity index is 3.10. The highest BCUT2D eigenvalue weighted by Gasteiger charge is 2.05. The molecule has 1 unspecified atom stereocenters. The monoisotopic (exact) mass is 161 g/mol. The van der Waals surface area contributed by atoms with Crippen molar-refractivity contribution in [3.05, 3.63) is 29.1 Å². The molecule has 3 heteroatoms. The molecule has 1 atom stereocenters. The van der Waals surface area contributed by atoms with Crippen LogP contribution in [0.15, 0.2) is 12.1 Å². The minimum Gasteiger partial charge on any atom is -0.311 e. The van der Waals surface area contributed by atoms with Crippen LogP contribution in [0, 0.1) is 25.2 Å². The van der Waals surface area contributed by atoms with E-state index in [1.54, 1.807) is 0 Å². The van der Waals surface area contributed by atoms with Crippen molar-refractivity contribution in [2.45, 2.75) is 19.9 Å². The molecule has 1 rings (SSSR count). The third-order valence-electron chi connectivity index (χ3n) is 1.58. The first kappa shape index (κ1) is 8.69. The molecule has 0 radical (unpaired) electrons. The second-order valence-electron chi connectivity index (χ2n) is 2.82. The van der Waals surface area contributed by atoms with Gasteiger partial charge < -0.3 is 5.73 Å². The van der Waals surface area contributed by atoms with Crippen LogP contribution in [-0.2, 0) is 0 Å². The number of hydrogen-bond donors (Lipinski definition) is 1. The van der Waals surface area contributed by atoms with Crippen LogP contribution in [0.2, 0.25) is 0 Å². The van der Waals surface area contributed by atoms with Gasteiger partial charge in [0.15, 0.2) is 0 Å². The van der Waals surface area contributed by atoms with E-state index in [0.29, 0.717) is 5.69 Å². The van der Waals surface area contributed by atoms with Gasteiger partial charge in [0.25, 0.3) is 0 Å². The lowest BCUT2D eigenvalue weighted by Crippen LogP contribution is -2.10. The van der Waals surface area contributed by atoms with Gasteiger partial charge in [-0.05, 0) is 31.5 Å². The summed E-state index contributed by atoms with van der Waals surface area (Å²) in [5.74, 6) is 0. The summed E-state index contributed by atoms with van der Waals surface area (Å²) in [6, 6.07) is 5.13. The first-order valence-corrected chi connectivity index (χ1v) is 3.74. The average Bonchev–Trinajstić information content (AvgIpc) is 2.01. The molecule has 0 spiro atoms. The molecule has 0 fully saturated rings. The summed E-state index contributed by atoms with van der Waals surface area (Å²) >= 11 is 0. The Morgan fingerprint density at radius 2 is 2.17 bits per heavy atom. The van der Waals surface area contributed by atoms with Crippen LogP contribution in [0.25, 0.3) is 0 Å². The second kappa shape index (κ2) is 3.33. The summed E-state index contributed by atoms with van der Waals surface area (Å²) in [5.41, 5.74) is 8.14. The Morgan fingerprint density at radius 3 is 2.67 bits per heavy atom. The number of aromatic nitrogens is 1. The van der Waals surface area contributed by atoms with Crippen LogP contribution < -0.4 is 5.73 Å². The average molecular weight is 161 g/mol. The third kappa shape index (κ3) is 1.80. The fraction of sp³-hybridized carbons (Fsp3) is 0.333. The molecule has 2 N–H and O–H groups in total. The molecular formula is C9H11N3. The van der Waals surface area contributed by atoms with E-state index in [9.17, 15) is 0 Å². The van der Waals surface area contributed by atoms with Gasteiger partial charge in [0.1, 0.15) is 6.04 Å². The van der Waals surface area contributed by atoms with Crippen molar-refractivity contribution < 1.29 is 0 Å². The van der Waals surface area contributed by atoms with Gasteiger partial charge in [-0.25, -0.2) is 0 Å². The van der Waals surface area contributed by atoms with Crippen molar-refractivity contribution in [1.29, 1.82) is 5.26 Å². The molecule has 0 saturated carbocycles. The summed E-state index contributed by atoms with van der Waals surface area (Å²) in [4.78, 5) is 4.16. The highest BCUT2D eigenvalue weighted by Crippen LogP contribution is 2.09. The van der Waals surface area contributed by atoms with Gasteiger partial charge in [-0.1, -0.05) is 0 Å². The van der Waals surface area contributed by atoms with Gasteiger partial charge in [0.05, 0.1) is 11.8 Å². The molecule has 1 aromatic rings. The summed E-state index contributed by atoms with van der Waals surface area (Å²) in [6.45, 7) is 3.85. The summed E-state index contributed by atoms with van der Waals surface area (Å²) in [5, 5.41) is 8.55. The standard InChI is InChI=1S/C9H11N3/c1-6-3-7(2)12-9(4-6)8(11)5-10/h3-4,8H,11H2,1-2H3. The molecule has 0 aliphatic rings. The predicted octanol–water partition coefficient (Wildman–Crippen LogP) is 1.22. The predicted molar refractivity (Wildman–Crippen MR) is 46.3 cm³/mol. The molecule has 0 aromatic carbocycles. The van der Waals surface area contributed by atoms with E-state index in [0.717, 1.165) is 11.3 Å². The van der Waals surface area contributed by atoms with Crippen molar-refractivity contribution in [2.75, 3.05) is 0 Å². The Labute approximate surface area is 71.8 Å². The molecule has 62 valence electrons. The Bertz CT molecular complexity index is 305. The molecule has 0 saturated heterocycles. The number of pyridine rings is 1. The lowest BCUT2D eigenvalue weighted by Gasteiger charge is -2.04. The van der Waals surface area contributed by atoms with Gasteiger partial charge >= 0.3 is 0 Å². The van der Waals surface area contributed by atoms with E-state index in [1.165, 1.54) is 0 Å². The topological polar surface area (TPSA) is 62.7 Å². The van der Waals surface area contributed by atoms with Crippen molar-refractivity contribution in [1.82, 2.24) is 4.98 Å². The largest absolute Gasteiger partial charge is 0.311 e. The Morgan fingerprint density at radius 1 is 1.50 bits per heavy atom. The molecular weight excluding hydrogens is 150 g/mol. The van der Waals surface area contributed by atoms with Gasteiger partial charge in [-0.2, -0.15) is 5.26 Å². The normalized spacial score (nSPS) is 12.2. The van der Waals surface area contributed by atoms with Crippen LogP contribution in [0.5, 0.6) is 0 Å². The van der Waals surface area contributed by atoms with Crippen LogP contribution in [0.4, 0.5) is 0 Å². The highest BCUT2D eigenvalue weighted by molar-refractivity contribution is 5.24. The molecule has 0 aliphatic heterocycles. The van der Waals surface area contributed by atoms with E-state index in [-0.39, 0.29) is 0 Å². The molecule has 12 heavy (non-hydrogen) atoms. The first-order valence-electron chi connectivity index (χ1n) is 3.74. The van der Waals surface area contributed by atoms with Crippen molar-refractivity contribution in [2.24, 2.45) is 5.73 Å². The Hall–Kier alpha value is -1.40. The van der Waals surface area contributed by atoms with Crippen molar-refractivity contribution in [3.63, 3.8) is 0 Å². The quantitative estimate of drug-likeness (QED) is 0.673. The SMILES string of the molecule is Cc1cc(C)nc(C(N)C#N)c1. The minimum atomic E-state index is -0.608. The van der Waals surface area contributed by atoms with E-state index >= 15 is 0 Å². The number of rotatable bonds is 1. The van der Waals surface area contributed by atoms with Crippen LogP contribution in [-0.4, -0.2) is 4.98 Å². The molecule has 0 aliphatic carbocycles.